The average Bonchev–Trinajstić information content (AvgIpc) is 2.23. The molecule has 1 saturated carbocycles. The number of aryl methyl sites for hydroxylation is 1. The van der Waals surface area contributed by atoms with E-state index in [0.29, 0.717) is 5.41 Å². The van der Waals surface area contributed by atoms with Crippen LogP contribution in [0.5, 0.6) is 0 Å². The van der Waals surface area contributed by atoms with Crippen molar-refractivity contribution in [3.05, 3.63) is 29.8 Å². The van der Waals surface area contributed by atoms with Gasteiger partial charge in [0, 0.05) is 19.3 Å². The van der Waals surface area contributed by atoms with Crippen LogP contribution in [0.3, 0.4) is 0 Å². The van der Waals surface area contributed by atoms with Gasteiger partial charge in [0.15, 0.2) is 0 Å². The first kappa shape index (κ1) is 11.8. The number of rotatable bonds is 4. The first-order chi connectivity index (χ1) is 7.65. The second-order valence-electron chi connectivity index (χ2n) is 5.21. The maximum atomic E-state index is 4.51. The molecule has 16 heavy (non-hydrogen) atoms. The highest BCUT2D eigenvalue weighted by Gasteiger charge is 2.36. The lowest BCUT2D eigenvalue weighted by atomic mass is 9.70. The molecule has 1 aromatic carbocycles. The van der Waals surface area contributed by atoms with Crippen LogP contribution in [0.15, 0.2) is 24.3 Å². The molecule has 0 unspecified atom stereocenters. The van der Waals surface area contributed by atoms with Crippen LogP contribution in [-0.4, -0.2) is 19.3 Å². The molecule has 0 radical (unpaired) electrons. The Morgan fingerprint density at radius 1 is 1.38 bits per heavy atom. The Morgan fingerprint density at radius 2 is 2.12 bits per heavy atom. The van der Waals surface area contributed by atoms with Crippen LogP contribution in [0.4, 0.5) is 5.69 Å². The highest BCUT2D eigenvalue weighted by Crippen LogP contribution is 2.42. The molecule has 1 nitrogen and oxygen atoms in total. The van der Waals surface area contributed by atoms with Crippen molar-refractivity contribution in [2.75, 3.05) is 24.2 Å². The Bertz CT molecular complexity index is 352. The molecule has 0 atom stereocenters. The van der Waals surface area contributed by atoms with Crippen LogP contribution in [0, 0.1) is 12.3 Å². The molecular weight excluding hydrogens is 214 g/mol. The fourth-order valence-corrected chi connectivity index (χ4v) is 2.92. The van der Waals surface area contributed by atoms with Crippen molar-refractivity contribution in [2.24, 2.45) is 5.41 Å². The van der Waals surface area contributed by atoms with Gasteiger partial charge in [-0.2, -0.15) is 12.6 Å². The van der Waals surface area contributed by atoms with Crippen molar-refractivity contribution in [3.63, 3.8) is 0 Å². The Balaban J connectivity index is 2.05. The Morgan fingerprint density at radius 3 is 2.62 bits per heavy atom. The predicted molar refractivity (Wildman–Crippen MR) is 74.6 cm³/mol. The van der Waals surface area contributed by atoms with Gasteiger partial charge in [0.2, 0.25) is 0 Å². The lowest BCUT2D eigenvalue weighted by Crippen LogP contribution is -2.42. The van der Waals surface area contributed by atoms with Crippen molar-refractivity contribution >= 4 is 18.3 Å². The first-order valence-electron chi connectivity index (χ1n) is 6.04. The standard InChI is InChI=1S/C14H21NS/c1-12-5-3-6-13(9-12)15(2)10-14(11-16)7-4-8-14/h3,5-6,9,16H,4,7-8,10-11H2,1-2H3. The lowest BCUT2D eigenvalue weighted by Gasteiger charge is -2.44. The number of thiol groups is 1. The average molecular weight is 235 g/mol. The maximum Gasteiger partial charge on any atom is 0.0366 e. The van der Waals surface area contributed by atoms with Crippen molar-refractivity contribution in [1.82, 2.24) is 0 Å². The summed E-state index contributed by atoms with van der Waals surface area (Å²) in [7, 11) is 2.19. The predicted octanol–water partition coefficient (Wildman–Crippen LogP) is 3.53. The zero-order valence-electron chi connectivity index (χ0n) is 10.2. The van der Waals surface area contributed by atoms with Gasteiger partial charge in [-0.25, -0.2) is 0 Å². The van der Waals surface area contributed by atoms with Gasteiger partial charge in [-0.3, -0.25) is 0 Å². The molecule has 2 rings (SSSR count). The van der Waals surface area contributed by atoms with E-state index in [9.17, 15) is 0 Å². The molecule has 0 heterocycles. The van der Waals surface area contributed by atoms with E-state index in [1.54, 1.807) is 0 Å². The topological polar surface area (TPSA) is 3.24 Å². The van der Waals surface area contributed by atoms with E-state index in [1.807, 2.05) is 0 Å². The van der Waals surface area contributed by atoms with Crippen LogP contribution in [-0.2, 0) is 0 Å². The molecule has 1 fully saturated rings. The van der Waals surface area contributed by atoms with E-state index in [2.05, 4.69) is 55.8 Å². The first-order valence-corrected chi connectivity index (χ1v) is 6.67. The third kappa shape index (κ3) is 2.37. The Hall–Kier alpha value is -0.630. The number of benzene rings is 1. The van der Waals surface area contributed by atoms with Gasteiger partial charge in [0.05, 0.1) is 0 Å². The molecule has 2 heteroatoms. The zero-order chi connectivity index (χ0) is 11.6. The van der Waals surface area contributed by atoms with E-state index in [-0.39, 0.29) is 0 Å². The smallest absolute Gasteiger partial charge is 0.0366 e. The van der Waals surface area contributed by atoms with Gasteiger partial charge >= 0.3 is 0 Å². The fraction of sp³-hybridized carbons (Fsp3) is 0.571. The maximum absolute atomic E-state index is 4.51. The second kappa shape index (κ2) is 4.70. The highest BCUT2D eigenvalue weighted by molar-refractivity contribution is 7.80. The third-order valence-corrected chi connectivity index (χ3v) is 4.44. The molecule has 1 aliphatic carbocycles. The number of hydrogen-bond acceptors (Lipinski definition) is 2. The molecule has 0 spiro atoms. The molecule has 0 bridgehead atoms. The van der Waals surface area contributed by atoms with E-state index < -0.39 is 0 Å². The minimum Gasteiger partial charge on any atom is -0.374 e. The Kier molecular flexibility index (Phi) is 3.48. The van der Waals surface area contributed by atoms with Crippen LogP contribution in [0.2, 0.25) is 0 Å². The number of anilines is 1. The molecule has 88 valence electrons. The summed E-state index contributed by atoms with van der Waals surface area (Å²) in [4.78, 5) is 2.38. The fourth-order valence-electron chi connectivity index (χ4n) is 2.50. The quantitative estimate of drug-likeness (QED) is 0.781. The number of hydrogen-bond donors (Lipinski definition) is 1. The van der Waals surface area contributed by atoms with Gasteiger partial charge in [-0.05, 0) is 48.6 Å². The molecule has 0 amide bonds. The van der Waals surface area contributed by atoms with Gasteiger partial charge in [0.1, 0.15) is 0 Å². The monoisotopic (exact) mass is 235 g/mol. The minimum absolute atomic E-state index is 0.474. The SMILES string of the molecule is Cc1cccc(N(C)CC2(CS)CCC2)c1. The Labute approximate surface area is 104 Å². The summed E-state index contributed by atoms with van der Waals surface area (Å²) in [6, 6.07) is 8.73. The molecule has 0 aliphatic heterocycles. The van der Waals surface area contributed by atoms with Crippen molar-refractivity contribution in [3.8, 4) is 0 Å². The van der Waals surface area contributed by atoms with Crippen molar-refractivity contribution in [2.45, 2.75) is 26.2 Å². The van der Waals surface area contributed by atoms with Crippen LogP contribution >= 0.6 is 12.6 Å². The van der Waals surface area contributed by atoms with E-state index in [1.165, 1.54) is 30.5 Å². The van der Waals surface area contributed by atoms with E-state index in [4.69, 9.17) is 0 Å². The molecule has 0 saturated heterocycles. The van der Waals surface area contributed by atoms with Crippen LogP contribution in [0.1, 0.15) is 24.8 Å². The van der Waals surface area contributed by atoms with E-state index >= 15 is 0 Å². The third-order valence-electron chi connectivity index (χ3n) is 3.76. The summed E-state index contributed by atoms with van der Waals surface area (Å²) >= 11 is 4.51. The van der Waals surface area contributed by atoms with Crippen LogP contribution in [0.25, 0.3) is 0 Å². The minimum atomic E-state index is 0.474. The highest BCUT2D eigenvalue weighted by atomic mass is 32.1. The molecule has 0 N–H and O–H groups in total. The summed E-state index contributed by atoms with van der Waals surface area (Å²) in [5.74, 6) is 1.02. The van der Waals surface area contributed by atoms with Crippen molar-refractivity contribution in [1.29, 1.82) is 0 Å². The van der Waals surface area contributed by atoms with Gasteiger partial charge in [-0.15, -0.1) is 0 Å². The summed E-state index contributed by atoms with van der Waals surface area (Å²) in [5, 5.41) is 0. The van der Waals surface area contributed by atoms with Crippen molar-refractivity contribution < 1.29 is 0 Å². The number of nitrogens with zero attached hydrogens (tertiary/aromatic N) is 1. The largest absolute Gasteiger partial charge is 0.374 e. The van der Waals surface area contributed by atoms with Crippen LogP contribution < -0.4 is 4.90 Å². The lowest BCUT2D eigenvalue weighted by molar-refractivity contribution is 0.178. The summed E-state index contributed by atoms with van der Waals surface area (Å²) in [6.07, 6.45) is 4.06. The summed E-state index contributed by atoms with van der Waals surface area (Å²) < 4.78 is 0. The van der Waals surface area contributed by atoms with Gasteiger partial charge in [0.25, 0.3) is 0 Å². The molecular formula is C14H21NS. The van der Waals surface area contributed by atoms with Gasteiger partial charge < -0.3 is 4.90 Å². The molecule has 1 aromatic rings. The molecule has 0 aromatic heterocycles. The normalized spacial score (nSPS) is 17.9. The second-order valence-corrected chi connectivity index (χ2v) is 5.52. The zero-order valence-corrected chi connectivity index (χ0v) is 11.1. The van der Waals surface area contributed by atoms with E-state index in [0.717, 1.165) is 12.3 Å². The summed E-state index contributed by atoms with van der Waals surface area (Å²) in [5.41, 5.74) is 3.13. The van der Waals surface area contributed by atoms with Gasteiger partial charge in [-0.1, -0.05) is 18.6 Å². The molecule has 1 aliphatic rings. The summed E-state index contributed by atoms with van der Waals surface area (Å²) in [6.45, 7) is 3.29.